The van der Waals surface area contributed by atoms with Crippen molar-refractivity contribution in [3.8, 4) is 0 Å². The largest absolute Gasteiger partial charge is 0.481 e. The molecule has 15 heavy (non-hydrogen) atoms. The molecule has 0 aromatic heterocycles. The third kappa shape index (κ3) is 3.38. The molecule has 2 unspecified atom stereocenters. The first-order valence-electron chi connectivity index (χ1n) is 5.76. The Balaban J connectivity index is 1.70. The molecule has 2 heterocycles. The van der Waals surface area contributed by atoms with E-state index in [1.54, 1.807) is 0 Å². The van der Waals surface area contributed by atoms with Crippen molar-refractivity contribution in [2.45, 2.75) is 19.3 Å². The first-order valence-corrected chi connectivity index (χ1v) is 6.91. The van der Waals surface area contributed by atoms with E-state index in [2.05, 4.69) is 16.7 Å². The van der Waals surface area contributed by atoms with Crippen molar-refractivity contribution in [2.75, 3.05) is 31.1 Å². The van der Waals surface area contributed by atoms with Gasteiger partial charge in [-0.3, -0.25) is 4.79 Å². The number of likely N-dealkylation sites (tertiary alicyclic amines) is 1. The van der Waals surface area contributed by atoms with Crippen LogP contribution in [-0.4, -0.2) is 47.1 Å². The Morgan fingerprint density at radius 3 is 2.93 bits per heavy atom. The summed E-state index contributed by atoms with van der Waals surface area (Å²) in [6.07, 6.45) is 2.78. The van der Waals surface area contributed by atoms with Crippen LogP contribution in [-0.2, 0) is 4.79 Å². The minimum atomic E-state index is -0.640. The lowest BCUT2D eigenvalue weighted by molar-refractivity contribution is -0.138. The number of hydrogen-bond acceptors (Lipinski definition) is 3. The van der Waals surface area contributed by atoms with Crippen molar-refractivity contribution in [2.24, 2.45) is 11.8 Å². The number of aliphatic carboxylic acids is 1. The van der Waals surface area contributed by atoms with Crippen LogP contribution in [0.5, 0.6) is 0 Å². The van der Waals surface area contributed by atoms with Gasteiger partial charge in [0.15, 0.2) is 0 Å². The van der Waals surface area contributed by atoms with Crippen molar-refractivity contribution in [3.63, 3.8) is 0 Å². The Hall–Kier alpha value is -0.220. The lowest BCUT2D eigenvalue weighted by Crippen LogP contribution is -2.27. The molecule has 4 heteroatoms. The molecule has 1 N–H and O–H groups in total. The fourth-order valence-electron chi connectivity index (χ4n) is 2.58. The highest BCUT2D eigenvalue weighted by atomic mass is 32.2. The van der Waals surface area contributed by atoms with E-state index < -0.39 is 5.97 Å². The summed E-state index contributed by atoms with van der Waals surface area (Å²) in [7, 11) is 0. The van der Waals surface area contributed by atoms with Crippen LogP contribution >= 0.6 is 11.8 Å². The van der Waals surface area contributed by atoms with Gasteiger partial charge >= 0.3 is 5.97 Å². The van der Waals surface area contributed by atoms with Gasteiger partial charge < -0.3 is 10.0 Å². The molecule has 0 aliphatic carbocycles. The molecule has 0 bridgehead atoms. The molecule has 2 aliphatic heterocycles. The molecule has 0 aromatic carbocycles. The number of nitrogens with zero attached hydrogens (tertiary/aromatic N) is 1. The topological polar surface area (TPSA) is 40.5 Å². The van der Waals surface area contributed by atoms with Gasteiger partial charge in [-0.05, 0) is 42.7 Å². The normalized spacial score (nSPS) is 32.3. The molecule has 86 valence electrons. The van der Waals surface area contributed by atoms with Crippen molar-refractivity contribution in [1.29, 1.82) is 0 Å². The number of carboxylic acids is 1. The van der Waals surface area contributed by atoms with E-state index in [0.717, 1.165) is 25.4 Å². The van der Waals surface area contributed by atoms with Gasteiger partial charge in [-0.2, -0.15) is 11.8 Å². The van der Waals surface area contributed by atoms with Gasteiger partial charge in [0.2, 0.25) is 0 Å². The standard InChI is InChI=1S/C11H19NO2S/c13-11(14)5-9-1-3-12(6-9)7-10-2-4-15-8-10/h9-10H,1-8H2,(H,13,14). The number of carbonyl (C=O) groups is 1. The lowest BCUT2D eigenvalue weighted by atomic mass is 10.1. The minimum absolute atomic E-state index is 0.357. The summed E-state index contributed by atoms with van der Waals surface area (Å²) in [4.78, 5) is 13.0. The fourth-order valence-corrected chi connectivity index (χ4v) is 3.86. The summed E-state index contributed by atoms with van der Waals surface area (Å²) in [5, 5.41) is 8.72. The third-order valence-corrected chi connectivity index (χ3v) is 4.61. The second kappa shape index (κ2) is 5.21. The van der Waals surface area contributed by atoms with Crippen LogP contribution in [0.3, 0.4) is 0 Å². The lowest BCUT2D eigenvalue weighted by Gasteiger charge is -2.19. The summed E-state index contributed by atoms with van der Waals surface area (Å²) in [6, 6.07) is 0. The molecule has 3 nitrogen and oxygen atoms in total. The summed E-state index contributed by atoms with van der Waals surface area (Å²) >= 11 is 2.06. The predicted octanol–water partition coefficient (Wildman–Crippen LogP) is 1.54. The fraction of sp³-hybridized carbons (Fsp3) is 0.909. The summed E-state index contributed by atoms with van der Waals surface area (Å²) < 4.78 is 0. The van der Waals surface area contributed by atoms with E-state index in [9.17, 15) is 4.79 Å². The SMILES string of the molecule is O=C(O)CC1CCN(CC2CCSC2)C1. The van der Waals surface area contributed by atoms with Crippen molar-refractivity contribution in [1.82, 2.24) is 4.90 Å². The number of thioether (sulfide) groups is 1. The van der Waals surface area contributed by atoms with Crippen molar-refractivity contribution >= 4 is 17.7 Å². The summed E-state index contributed by atoms with van der Waals surface area (Å²) in [5.74, 6) is 3.24. The Morgan fingerprint density at radius 2 is 2.27 bits per heavy atom. The van der Waals surface area contributed by atoms with E-state index >= 15 is 0 Å². The molecular weight excluding hydrogens is 210 g/mol. The van der Waals surface area contributed by atoms with Crippen LogP contribution in [0, 0.1) is 11.8 Å². The van der Waals surface area contributed by atoms with E-state index in [-0.39, 0.29) is 0 Å². The zero-order valence-corrected chi connectivity index (χ0v) is 9.84. The average molecular weight is 229 g/mol. The predicted molar refractivity (Wildman–Crippen MR) is 62.2 cm³/mol. The Kier molecular flexibility index (Phi) is 3.92. The van der Waals surface area contributed by atoms with Crippen molar-refractivity contribution < 1.29 is 9.90 Å². The smallest absolute Gasteiger partial charge is 0.303 e. The van der Waals surface area contributed by atoms with Crippen LogP contribution in [0.25, 0.3) is 0 Å². The molecular formula is C11H19NO2S. The molecule has 2 fully saturated rings. The number of hydrogen-bond donors (Lipinski definition) is 1. The molecule has 2 aliphatic rings. The second-order valence-electron chi connectivity index (χ2n) is 4.74. The van der Waals surface area contributed by atoms with Gasteiger partial charge in [-0.1, -0.05) is 0 Å². The first kappa shape index (κ1) is 11.3. The summed E-state index contributed by atoms with van der Waals surface area (Å²) in [5.41, 5.74) is 0. The zero-order valence-electron chi connectivity index (χ0n) is 9.02. The first-order chi connectivity index (χ1) is 7.24. The maximum absolute atomic E-state index is 10.6. The van der Waals surface area contributed by atoms with E-state index in [0.29, 0.717) is 12.3 Å². The Bertz CT molecular complexity index is 229. The zero-order chi connectivity index (χ0) is 10.7. The summed E-state index contributed by atoms with van der Waals surface area (Å²) in [6.45, 7) is 3.32. The van der Waals surface area contributed by atoms with Gasteiger partial charge in [-0.25, -0.2) is 0 Å². The molecule has 2 atom stereocenters. The Morgan fingerprint density at radius 1 is 1.40 bits per heavy atom. The molecule has 2 rings (SSSR count). The monoisotopic (exact) mass is 229 g/mol. The maximum atomic E-state index is 10.6. The highest BCUT2D eigenvalue weighted by molar-refractivity contribution is 7.99. The number of rotatable bonds is 4. The molecule has 2 saturated heterocycles. The number of carboxylic acid groups (broad SMARTS) is 1. The molecule has 0 saturated carbocycles. The van der Waals surface area contributed by atoms with Crippen LogP contribution < -0.4 is 0 Å². The second-order valence-corrected chi connectivity index (χ2v) is 5.89. The average Bonchev–Trinajstić information content (AvgIpc) is 2.77. The van der Waals surface area contributed by atoms with Gasteiger partial charge in [0.05, 0.1) is 0 Å². The van der Waals surface area contributed by atoms with E-state index in [1.807, 2.05) is 0 Å². The highest BCUT2D eigenvalue weighted by Gasteiger charge is 2.27. The molecule has 0 amide bonds. The molecule has 0 spiro atoms. The molecule has 0 aromatic rings. The maximum Gasteiger partial charge on any atom is 0.303 e. The van der Waals surface area contributed by atoms with Crippen LogP contribution in [0.4, 0.5) is 0 Å². The minimum Gasteiger partial charge on any atom is -0.481 e. The van der Waals surface area contributed by atoms with Gasteiger partial charge in [0.1, 0.15) is 0 Å². The van der Waals surface area contributed by atoms with Gasteiger partial charge in [-0.15, -0.1) is 0 Å². The van der Waals surface area contributed by atoms with Crippen LogP contribution in [0.15, 0.2) is 0 Å². The van der Waals surface area contributed by atoms with Gasteiger partial charge in [0, 0.05) is 19.5 Å². The van der Waals surface area contributed by atoms with Gasteiger partial charge in [0.25, 0.3) is 0 Å². The van der Waals surface area contributed by atoms with Crippen LogP contribution in [0.1, 0.15) is 19.3 Å². The third-order valence-electron chi connectivity index (χ3n) is 3.37. The quantitative estimate of drug-likeness (QED) is 0.794. The molecule has 0 radical (unpaired) electrons. The van der Waals surface area contributed by atoms with E-state index in [1.165, 1.54) is 24.5 Å². The van der Waals surface area contributed by atoms with Crippen molar-refractivity contribution in [3.05, 3.63) is 0 Å². The van der Waals surface area contributed by atoms with E-state index in [4.69, 9.17) is 5.11 Å². The highest BCUT2D eigenvalue weighted by Crippen LogP contribution is 2.27. The van der Waals surface area contributed by atoms with Crippen LogP contribution in [0.2, 0.25) is 0 Å². The Labute approximate surface area is 95.2 Å².